The molecular formula is C16H30N4O7. The lowest BCUT2D eigenvalue weighted by atomic mass is 10.3. The smallest absolute Gasteiger partial charge is 0.407 e. The highest BCUT2D eigenvalue weighted by Crippen LogP contribution is 2.02. The van der Waals surface area contributed by atoms with Crippen LogP contribution in [0.1, 0.15) is 6.92 Å². The van der Waals surface area contributed by atoms with Gasteiger partial charge in [-0.3, -0.25) is 24.3 Å². The first-order valence-electron chi connectivity index (χ1n) is 8.94. The van der Waals surface area contributed by atoms with Gasteiger partial charge >= 0.3 is 18.0 Å². The second kappa shape index (κ2) is 11.7. The summed E-state index contributed by atoms with van der Waals surface area (Å²) in [7, 11) is 0. The number of aliphatic carboxylic acids is 2. The van der Waals surface area contributed by atoms with E-state index < -0.39 is 24.1 Å². The van der Waals surface area contributed by atoms with Gasteiger partial charge in [0.1, 0.15) is 0 Å². The molecule has 0 aliphatic carbocycles. The maximum atomic E-state index is 11.4. The van der Waals surface area contributed by atoms with Gasteiger partial charge in [-0.2, -0.15) is 0 Å². The number of nitrogens with zero attached hydrogens (tertiary/aromatic N) is 4. The molecule has 4 N–H and O–H groups in total. The summed E-state index contributed by atoms with van der Waals surface area (Å²) < 4.78 is 0. The summed E-state index contributed by atoms with van der Waals surface area (Å²) in [6.07, 6.45) is -1.69. The minimum absolute atomic E-state index is 0.139. The molecule has 1 heterocycles. The fraction of sp³-hybridized carbons (Fsp3) is 0.812. The molecule has 0 bridgehead atoms. The van der Waals surface area contributed by atoms with E-state index in [1.165, 1.54) is 4.90 Å². The van der Waals surface area contributed by atoms with E-state index in [0.717, 1.165) is 0 Å². The van der Waals surface area contributed by atoms with Gasteiger partial charge in [0.05, 0.1) is 19.2 Å². The summed E-state index contributed by atoms with van der Waals surface area (Å²) in [5.41, 5.74) is 0. The number of hydrogen-bond acceptors (Lipinski definition) is 7. The molecule has 11 nitrogen and oxygen atoms in total. The van der Waals surface area contributed by atoms with Gasteiger partial charge in [-0.1, -0.05) is 0 Å². The summed E-state index contributed by atoms with van der Waals surface area (Å²) >= 11 is 0. The molecule has 1 aliphatic rings. The second-order valence-electron chi connectivity index (χ2n) is 6.76. The molecule has 1 fully saturated rings. The summed E-state index contributed by atoms with van der Waals surface area (Å²) in [4.78, 5) is 40.1. The van der Waals surface area contributed by atoms with Crippen molar-refractivity contribution < 1.29 is 34.8 Å². The number of hydrogen-bond donors (Lipinski definition) is 4. The zero-order valence-electron chi connectivity index (χ0n) is 15.7. The van der Waals surface area contributed by atoms with Crippen LogP contribution in [-0.4, -0.2) is 136 Å². The van der Waals surface area contributed by atoms with Crippen LogP contribution >= 0.6 is 0 Å². The van der Waals surface area contributed by atoms with E-state index in [4.69, 9.17) is 10.2 Å². The first-order valence-corrected chi connectivity index (χ1v) is 8.94. The third kappa shape index (κ3) is 10.1. The Morgan fingerprint density at radius 3 is 1.44 bits per heavy atom. The first-order chi connectivity index (χ1) is 12.7. The number of amides is 1. The third-order valence-corrected chi connectivity index (χ3v) is 4.35. The van der Waals surface area contributed by atoms with Crippen molar-refractivity contribution in [3.8, 4) is 0 Å². The lowest BCUT2D eigenvalue weighted by molar-refractivity contribution is -0.139. The Hall–Kier alpha value is -1.95. The topological polar surface area (TPSA) is 145 Å². The van der Waals surface area contributed by atoms with Gasteiger partial charge in [0, 0.05) is 58.9 Å². The highest BCUT2D eigenvalue weighted by Gasteiger charge is 2.21. The van der Waals surface area contributed by atoms with E-state index in [1.54, 1.807) is 16.7 Å². The lowest BCUT2D eigenvalue weighted by Crippen LogP contribution is -2.49. The van der Waals surface area contributed by atoms with Crippen molar-refractivity contribution >= 4 is 18.0 Å². The Morgan fingerprint density at radius 1 is 0.741 bits per heavy atom. The van der Waals surface area contributed by atoms with E-state index in [2.05, 4.69) is 0 Å². The van der Waals surface area contributed by atoms with Crippen molar-refractivity contribution in [2.45, 2.75) is 13.0 Å². The van der Waals surface area contributed by atoms with Crippen LogP contribution in [0, 0.1) is 0 Å². The Kier molecular flexibility index (Phi) is 10.0. The monoisotopic (exact) mass is 390 g/mol. The highest BCUT2D eigenvalue weighted by atomic mass is 16.4. The Morgan fingerprint density at radius 2 is 1.11 bits per heavy atom. The van der Waals surface area contributed by atoms with Crippen LogP contribution in [0.3, 0.4) is 0 Å². The van der Waals surface area contributed by atoms with E-state index in [1.807, 2.05) is 4.90 Å². The van der Waals surface area contributed by atoms with Crippen molar-refractivity contribution in [2.24, 2.45) is 0 Å². The zero-order valence-corrected chi connectivity index (χ0v) is 15.7. The minimum Gasteiger partial charge on any atom is -0.480 e. The van der Waals surface area contributed by atoms with E-state index >= 15 is 0 Å². The number of carboxylic acid groups (broad SMARTS) is 3. The predicted octanol–water partition coefficient (Wildman–Crippen LogP) is -1.56. The van der Waals surface area contributed by atoms with Crippen molar-refractivity contribution in [1.29, 1.82) is 0 Å². The Labute approximate surface area is 158 Å². The number of carboxylic acids is 2. The van der Waals surface area contributed by atoms with Crippen LogP contribution in [0.4, 0.5) is 4.79 Å². The molecule has 0 saturated carbocycles. The fourth-order valence-electron chi connectivity index (χ4n) is 2.98. The van der Waals surface area contributed by atoms with Crippen LogP contribution in [0.25, 0.3) is 0 Å². The summed E-state index contributed by atoms with van der Waals surface area (Å²) in [6, 6.07) is 0. The molecule has 1 rings (SSSR count). The molecule has 0 spiro atoms. The SMILES string of the molecule is CC(O)CN1CCN(CC(=O)O)CCN(C(=O)O)CCN(CC(=O)O)CC1. The van der Waals surface area contributed by atoms with Gasteiger partial charge in [-0.15, -0.1) is 0 Å². The zero-order chi connectivity index (χ0) is 20.4. The largest absolute Gasteiger partial charge is 0.480 e. The minimum atomic E-state index is -1.12. The number of aliphatic hydroxyl groups excluding tert-OH is 1. The molecule has 1 unspecified atom stereocenters. The number of β-amino-alcohol motifs (C(OH)–C–C–N with tert-alkyl or cyclic N) is 1. The van der Waals surface area contributed by atoms with E-state index in [0.29, 0.717) is 32.7 Å². The summed E-state index contributed by atoms with van der Waals surface area (Å²) in [5.74, 6) is -1.97. The number of rotatable bonds is 6. The van der Waals surface area contributed by atoms with Gasteiger partial charge in [-0.25, -0.2) is 4.79 Å². The summed E-state index contributed by atoms with van der Waals surface area (Å²) in [6.45, 7) is 4.27. The van der Waals surface area contributed by atoms with E-state index in [-0.39, 0.29) is 39.3 Å². The molecule has 156 valence electrons. The third-order valence-electron chi connectivity index (χ3n) is 4.35. The fourth-order valence-corrected chi connectivity index (χ4v) is 2.98. The van der Waals surface area contributed by atoms with Gasteiger partial charge in [0.2, 0.25) is 0 Å². The molecule has 1 atom stereocenters. The van der Waals surface area contributed by atoms with Gasteiger partial charge in [-0.05, 0) is 6.92 Å². The van der Waals surface area contributed by atoms with Crippen LogP contribution in [0.15, 0.2) is 0 Å². The predicted molar refractivity (Wildman–Crippen MR) is 95.9 cm³/mol. The molecule has 27 heavy (non-hydrogen) atoms. The van der Waals surface area contributed by atoms with Gasteiger partial charge < -0.3 is 25.3 Å². The van der Waals surface area contributed by atoms with Crippen LogP contribution in [0.2, 0.25) is 0 Å². The maximum Gasteiger partial charge on any atom is 0.407 e. The van der Waals surface area contributed by atoms with Gasteiger partial charge in [0.25, 0.3) is 0 Å². The Bertz CT molecular complexity index is 471. The summed E-state index contributed by atoms with van der Waals surface area (Å²) in [5, 5.41) is 37.2. The molecule has 1 amide bonds. The van der Waals surface area contributed by atoms with Crippen LogP contribution in [-0.2, 0) is 9.59 Å². The highest BCUT2D eigenvalue weighted by molar-refractivity contribution is 5.69. The molecule has 1 saturated heterocycles. The lowest BCUT2D eigenvalue weighted by Gasteiger charge is -2.33. The first kappa shape index (κ1) is 23.1. The van der Waals surface area contributed by atoms with Crippen LogP contribution < -0.4 is 0 Å². The van der Waals surface area contributed by atoms with E-state index in [9.17, 15) is 24.6 Å². The van der Waals surface area contributed by atoms with Crippen molar-refractivity contribution in [3.63, 3.8) is 0 Å². The molecule has 0 aromatic carbocycles. The van der Waals surface area contributed by atoms with Gasteiger partial charge in [0.15, 0.2) is 0 Å². The average molecular weight is 390 g/mol. The maximum absolute atomic E-state index is 11.4. The molecular weight excluding hydrogens is 360 g/mol. The number of carbonyl (C=O) groups is 3. The van der Waals surface area contributed by atoms with Crippen molar-refractivity contribution in [1.82, 2.24) is 19.6 Å². The Balaban J connectivity index is 2.88. The van der Waals surface area contributed by atoms with Crippen molar-refractivity contribution in [2.75, 3.05) is 72.0 Å². The molecule has 11 heteroatoms. The number of aliphatic hydroxyl groups is 1. The second-order valence-corrected chi connectivity index (χ2v) is 6.76. The average Bonchev–Trinajstić information content (AvgIpc) is 2.53. The standard InChI is InChI=1S/C16H30N4O7/c1-13(21)10-17-2-4-18(11-14(22)23)6-8-20(16(26)27)9-7-19(5-3-17)12-15(24)25/h13,21H,2-12H2,1H3,(H,22,23)(H,24,25)(H,26,27). The quantitative estimate of drug-likeness (QED) is 0.420. The van der Waals surface area contributed by atoms with Crippen molar-refractivity contribution in [3.05, 3.63) is 0 Å². The molecule has 1 aliphatic heterocycles. The molecule has 0 radical (unpaired) electrons. The molecule has 0 aromatic heterocycles. The normalized spacial score (nSPS) is 20.4. The van der Waals surface area contributed by atoms with Crippen LogP contribution in [0.5, 0.6) is 0 Å². The molecule has 0 aromatic rings.